The Labute approximate surface area is 199 Å². The van der Waals surface area contributed by atoms with Crippen LogP contribution in [0.15, 0.2) is 72.6 Å². The highest BCUT2D eigenvalue weighted by atomic mass is 32.2. The van der Waals surface area contributed by atoms with Crippen LogP contribution in [0.4, 0.5) is 0 Å². The van der Waals surface area contributed by atoms with Crippen LogP contribution in [0.25, 0.3) is 0 Å². The van der Waals surface area contributed by atoms with E-state index in [0.29, 0.717) is 16.2 Å². The first-order valence-corrected chi connectivity index (χ1v) is 15.9. The summed E-state index contributed by atoms with van der Waals surface area (Å²) in [5.41, 5.74) is 0. The average Bonchev–Trinajstić information content (AvgIpc) is 2.77. The molecule has 0 radical (unpaired) electrons. The molecule has 0 heterocycles. The van der Waals surface area contributed by atoms with E-state index in [1.54, 1.807) is 0 Å². The van der Waals surface area contributed by atoms with E-state index in [-0.39, 0.29) is 0 Å². The van der Waals surface area contributed by atoms with Gasteiger partial charge in [-0.2, -0.15) is 0 Å². The van der Waals surface area contributed by atoms with Crippen LogP contribution in [0, 0.1) is 5.92 Å². The first-order valence-electron chi connectivity index (χ1n) is 8.81. The third-order valence-electron chi connectivity index (χ3n) is 4.85. The topological polar surface area (TPSA) is 155 Å². The Balaban J connectivity index is 4.23. The number of sulfone groups is 3. The van der Waals surface area contributed by atoms with Gasteiger partial charge in [-0.1, -0.05) is 39.0 Å². The van der Waals surface area contributed by atoms with Crippen molar-refractivity contribution >= 4 is 51.7 Å². The first kappa shape index (κ1) is 29.5. The molecular formula is C18H24O10S5. The maximum atomic E-state index is 13.1. The van der Waals surface area contributed by atoms with Gasteiger partial charge in [0.15, 0.2) is 51.7 Å². The van der Waals surface area contributed by atoms with Crippen LogP contribution >= 0.6 is 0 Å². The lowest BCUT2D eigenvalue weighted by atomic mass is 9.83. The zero-order chi connectivity index (χ0) is 25.8. The van der Waals surface area contributed by atoms with E-state index in [9.17, 15) is 33.7 Å². The molecule has 1 aliphatic rings. The van der Waals surface area contributed by atoms with Gasteiger partial charge in [-0.15, -0.1) is 6.58 Å². The predicted octanol–water partition coefficient (Wildman–Crippen LogP) is 0.968. The van der Waals surface area contributed by atoms with Crippen LogP contribution in [0.3, 0.4) is 0 Å². The second-order valence-corrected chi connectivity index (χ2v) is 14.7. The molecule has 15 heteroatoms. The monoisotopic (exact) mass is 560 g/mol. The van der Waals surface area contributed by atoms with Gasteiger partial charge in [0.2, 0.25) is 0 Å². The van der Waals surface area contributed by atoms with Crippen LogP contribution < -0.4 is 0 Å². The third-order valence-corrected chi connectivity index (χ3v) is 11.9. The SMILES string of the molecule is C=CC1C(OS(=O)C=C)C(S(=O)(=O)C=C)C(S(=O)(=O)C=C)C(S(=O)(=O)C=C)C1OS(=O)C=C. The molecule has 1 rings (SSSR count). The molecule has 0 amide bonds. The van der Waals surface area contributed by atoms with E-state index >= 15 is 0 Å². The normalized spacial score (nSPS) is 30.3. The van der Waals surface area contributed by atoms with Crippen LogP contribution in [0.5, 0.6) is 0 Å². The van der Waals surface area contributed by atoms with Gasteiger partial charge in [-0.05, 0) is 0 Å². The Morgan fingerprint density at radius 2 is 0.879 bits per heavy atom. The fourth-order valence-electron chi connectivity index (χ4n) is 3.44. The number of rotatable bonds is 13. The minimum atomic E-state index is -4.72. The molecule has 0 bridgehead atoms. The fourth-order valence-corrected chi connectivity index (χ4v) is 10.7. The molecule has 0 N–H and O–H groups in total. The Morgan fingerprint density at radius 3 is 1.12 bits per heavy atom. The fraction of sp³-hybridized carbons (Fsp3) is 0.333. The van der Waals surface area contributed by atoms with Crippen molar-refractivity contribution in [3.8, 4) is 0 Å². The van der Waals surface area contributed by atoms with Gasteiger partial charge in [-0.3, -0.25) is 8.37 Å². The van der Waals surface area contributed by atoms with Gasteiger partial charge in [0, 0.05) is 33.0 Å². The van der Waals surface area contributed by atoms with Crippen molar-refractivity contribution in [3.63, 3.8) is 0 Å². The van der Waals surface area contributed by atoms with E-state index < -0.39 is 85.5 Å². The highest BCUT2D eigenvalue weighted by Gasteiger charge is 2.63. The third kappa shape index (κ3) is 6.15. The molecule has 0 aliphatic heterocycles. The Hall–Kier alpha value is -1.49. The molecule has 6 atom stereocenters. The van der Waals surface area contributed by atoms with Crippen molar-refractivity contribution in [2.75, 3.05) is 0 Å². The van der Waals surface area contributed by atoms with Crippen LogP contribution in [0.1, 0.15) is 0 Å². The van der Waals surface area contributed by atoms with Crippen molar-refractivity contribution in [1.29, 1.82) is 0 Å². The standard InChI is InChI=1S/C18H24O10S5/c1-7-13-14(27-29(19)8-2)16(31(21,22)10-4)18(33(25,26)12-6)17(32(23,24)11-5)15(13)28-30(20)9-3/h7-18H,1-6H2. The second kappa shape index (κ2) is 11.3. The largest absolute Gasteiger partial charge is 0.282 e. The lowest BCUT2D eigenvalue weighted by molar-refractivity contribution is 0.0496. The predicted molar refractivity (Wildman–Crippen MR) is 129 cm³/mol. The van der Waals surface area contributed by atoms with Crippen molar-refractivity contribution in [3.05, 3.63) is 72.6 Å². The average molecular weight is 561 g/mol. The minimum absolute atomic E-state index is 0.381. The zero-order valence-electron chi connectivity index (χ0n) is 17.3. The van der Waals surface area contributed by atoms with Gasteiger partial charge in [0.05, 0.1) is 0 Å². The van der Waals surface area contributed by atoms with Crippen LogP contribution in [0.2, 0.25) is 0 Å². The maximum Gasteiger partial charge on any atom is 0.181 e. The summed E-state index contributed by atoms with van der Waals surface area (Å²) in [6.07, 6.45) is -2.57. The summed E-state index contributed by atoms with van der Waals surface area (Å²) in [6, 6.07) is 0. The van der Waals surface area contributed by atoms with E-state index in [0.717, 1.165) is 16.9 Å². The molecule has 1 aliphatic carbocycles. The highest BCUT2D eigenvalue weighted by molar-refractivity contribution is 8.01. The van der Waals surface area contributed by atoms with Crippen molar-refractivity contribution in [2.45, 2.75) is 28.0 Å². The minimum Gasteiger partial charge on any atom is -0.282 e. The van der Waals surface area contributed by atoms with Crippen LogP contribution in [-0.4, -0.2) is 61.6 Å². The molecule has 10 nitrogen and oxygen atoms in total. The van der Waals surface area contributed by atoms with Crippen molar-refractivity contribution in [1.82, 2.24) is 0 Å². The molecule has 0 aromatic heterocycles. The van der Waals surface area contributed by atoms with Crippen LogP contribution in [-0.2, 0) is 60.0 Å². The summed E-state index contributed by atoms with van der Waals surface area (Å²) < 4.78 is 113. The Morgan fingerprint density at radius 1 is 0.576 bits per heavy atom. The summed E-state index contributed by atoms with van der Waals surface area (Å²) in [6.45, 7) is 19.5. The molecule has 1 fully saturated rings. The molecular weight excluding hydrogens is 537 g/mol. The number of hydrogen-bond acceptors (Lipinski definition) is 10. The lowest BCUT2D eigenvalue weighted by Gasteiger charge is -2.46. The molecule has 0 aromatic rings. The second-order valence-electron chi connectivity index (χ2n) is 6.45. The summed E-state index contributed by atoms with van der Waals surface area (Å²) in [7, 11) is -14.0. The molecule has 0 spiro atoms. The van der Waals surface area contributed by atoms with Crippen molar-refractivity contribution < 1.29 is 42.0 Å². The van der Waals surface area contributed by atoms with Gasteiger partial charge < -0.3 is 0 Å². The lowest BCUT2D eigenvalue weighted by Crippen LogP contribution is -2.67. The zero-order valence-corrected chi connectivity index (χ0v) is 21.4. The molecule has 0 aromatic carbocycles. The van der Waals surface area contributed by atoms with Crippen molar-refractivity contribution in [2.24, 2.45) is 5.92 Å². The summed E-state index contributed by atoms with van der Waals surface area (Å²) in [5.74, 6) is -1.44. The highest BCUT2D eigenvalue weighted by Crippen LogP contribution is 2.43. The van der Waals surface area contributed by atoms with Gasteiger partial charge in [-0.25, -0.2) is 33.7 Å². The summed E-state index contributed by atoms with van der Waals surface area (Å²) >= 11 is -4.67. The first-order chi connectivity index (χ1) is 15.2. The molecule has 0 saturated heterocycles. The van der Waals surface area contributed by atoms with E-state index in [1.165, 1.54) is 0 Å². The summed E-state index contributed by atoms with van der Waals surface area (Å²) in [5, 5.41) is -3.75. The van der Waals surface area contributed by atoms with Gasteiger partial charge >= 0.3 is 0 Å². The van der Waals surface area contributed by atoms with Gasteiger partial charge in [0.25, 0.3) is 0 Å². The van der Waals surface area contributed by atoms with E-state index in [2.05, 4.69) is 39.5 Å². The van der Waals surface area contributed by atoms with Gasteiger partial charge in [0.1, 0.15) is 28.0 Å². The Bertz CT molecular complexity index is 1120. The molecule has 6 unspecified atom stereocenters. The maximum absolute atomic E-state index is 13.1. The molecule has 33 heavy (non-hydrogen) atoms. The molecule has 1 saturated carbocycles. The summed E-state index contributed by atoms with van der Waals surface area (Å²) in [4.78, 5) is 0. The van der Waals surface area contributed by atoms with E-state index in [4.69, 9.17) is 8.37 Å². The Kier molecular flexibility index (Phi) is 10.1. The smallest absolute Gasteiger partial charge is 0.181 e. The molecule has 186 valence electrons. The van der Waals surface area contributed by atoms with E-state index in [1.807, 2.05) is 0 Å². The number of hydrogen-bond donors (Lipinski definition) is 0. The quantitative estimate of drug-likeness (QED) is 0.298.